The van der Waals surface area contributed by atoms with E-state index in [2.05, 4.69) is 32.8 Å². The van der Waals surface area contributed by atoms with Gasteiger partial charge in [0.15, 0.2) is 0 Å². The summed E-state index contributed by atoms with van der Waals surface area (Å²) in [7, 11) is 0. The molecule has 0 aromatic carbocycles. The summed E-state index contributed by atoms with van der Waals surface area (Å²) >= 11 is 0. The minimum Gasteiger partial charge on any atom is -0.379 e. The quantitative estimate of drug-likeness (QED) is 0.823. The summed E-state index contributed by atoms with van der Waals surface area (Å²) in [6, 6.07) is 1.93. The first kappa shape index (κ1) is 15.0. The van der Waals surface area contributed by atoms with Gasteiger partial charge in [-0.3, -0.25) is 4.79 Å². The normalized spacial score (nSPS) is 25.1. The van der Waals surface area contributed by atoms with Crippen LogP contribution in [0.1, 0.15) is 25.1 Å². The first-order chi connectivity index (χ1) is 10.7. The van der Waals surface area contributed by atoms with Gasteiger partial charge in [0.25, 0.3) is 0 Å². The van der Waals surface area contributed by atoms with Crippen LogP contribution in [0.3, 0.4) is 0 Å². The number of anilines is 1. The third-order valence-corrected chi connectivity index (χ3v) is 4.17. The van der Waals surface area contributed by atoms with Crippen molar-refractivity contribution < 1.29 is 9.53 Å². The summed E-state index contributed by atoms with van der Waals surface area (Å²) < 4.78 is 5.55. The first-order valence-corrected chi connectivity index (χ1v) is 7.81. The second-order valence-corrected chi connectivity index (χ2v) is 5.86. The van der Waals surface area contributed by atoms with Crippen LogP contribution >= 0.6 is 0 Å². The highest BCUT2D eigenvalue weighted by Gasteiger charge is 2.30. The molecule has 2 atom stereocenters. The van der Waals surface area contributed by atoms with Gasteiger partial charge in [-0.05, 0) is 32.3 Å². The lowest BCUT2D eigenvalue weighted by Gasteiger charge is -2.33. The second-order valence-electron chi connectivity index (χ2n) is 5.86. The van der Waals surface area contributed by atoms with Gasteiger partial charge in [0.05, 0.1) is 18.7 Å². The van der Waals surface area contributed by atoms with Gasteiger partial charge in [-0.2, -0.15) is 0 Å². The van der Waals surface area contributed by atoms with Gasteiger partial charge in [-0.15, -0.1) is 0 Å². The predicted molar refractivity (Wildman–Crippen MR) is 83.4 cm³/mol. The Kier molecular flexibility index (Phi) is 4.68. The van der Waals surface area contributed by atoms with Crippen LogP contribution in [-0.4, -0.2) is 41.2 Å². The molecule has 1 fully saturated rings. The largest absolute Gasteiger partial charge is 0.379 e. The zero-order valence-electron chi connectivity index (χ0n) is 12.8. The molecule has 1 aliphatic carbocycles. The van der Waals surface area contributed by atoms with Crippen molar-refractivity contribution in [2.24, 2.45) is 5.92 Å². The first-order valence-electron chi connectivity index (χ1n) is 7.81. The predicted octanol–water partition coefficient (Wildman–Crippen LogP) is 1.44. The standard InChI is InChI=1S/C16H22N4O2/c1-11-17-8-6-15(18-11)19-14-10-22-9-7-13(14)20-16(21)12-4-2-3-5-12/h2-3,6,8,12-14H,4-5,7,9-10H2,1H3,(H,20,21)(H,17,18,19)/t13-,14+/m0/s1. The molecule has 0 bridgehead atoms. The Labute approximate surface area is 130 Å². The maximum Gasteiger partial charge on any atom is 0.224 e. The number of carbonyl (C=O) groups is 1. The molecule has 1 aromatic heterocycles. The Balaban J connectivity index is 1.62. The molecule has 0 radical (unpaired) electrons. The summed E-state index contributed by atoms with van der Waals surface area (Å²) in [5.41, 5.74) is 0. The van der Waals surface area contributed by atoms with Crippen LogP contribution in [0.2, 0.25) is 0 Å². The fourth-order valence-corrected chi connectivity index (χ4v) is 2.91. The molecule has 1 aromatic rings. The second kappa shape index (κ2) is 6.87. The van der Waals surface area contributed by atoms with Gasteiger partial charge in [0.1, 0.15) is 11.6 Å². The number of nitrogens with one attached hydrogen (secondary N) is 2. The molecule has 118 valence electrons. The van der Waals surface area contributed by atoms with E-state index in [1.807, 2.05) is 13.0 Å². The van der Waals surface area contributed by atoms with E-state index >= 15 is 0 Å². The van der Waals surface area contributed by atoms with Crippen LogP contribution in [0, 0.1) is 12.8 Å². The lowest BCUT2D eigenvalue weighted by atomic mass is 10.0. The van der Waals surface area contributed by atoms with Crippen LogP contribution in [-0.2, 0) is 9.53 Å². The topological polar surface area (TPSA) is 76.1 Å². The third kappa shape index (κ3) is 3.62. The van der Waals surface area contributed by atoms with E-state index in [1.165, 1.54) is 0 Å². The highest BCUT2D eigenvalue weighted by Crippen LogP contribution is 2.19. The van der Waals surface area contributed by atoms with E-state index < -0.39 is 0 Å². The number of hydrogen-bond acceptors (Lipinski definition) is 5. The monoisotopic (exact) mass is 302 g/mol. The minimum atomic E-state index is 0.0290. The summed E-state index contributed by atoms with van der Waals surface area (Å²) in [5.74, 6) is 1.72. The Morgan fingerprint density at radius 1 is 1.32 bits per heavy atom. The molecule has 6 nitrogen and oxygen atoms in total. The lowest BCUT2D eigenvalue weighted by molar-refractivity contribution is -0.126. The number of aryl methyl sites for hydroxylation is 1. The fraction of sp³-hybridized carbons (Fsp3) is 0.562. The molecule has 2 aliphatic rings. The highest BCUT2D eigenvalue weighted by atomic mass is 16.5. The van der Waals surface area contributed by atoms with Crippen LogP contribution < -0.4 is 10.6 Å². The molecule has 0 spiro atoms. The SMILES string of the molecule is Cc1nccc(N[C@@H]2COCC[C@@H]2NC(=O)C2CC=CC2)n1. The number of ether oxygens (including phenoxy) is 1. The number of carbonyl (C=O) groups excluding carboxylic acids is 1. The zero-order chi connectivity index (χ0) is 15.4. The molecule has 3 rings (SSSR count). The van der Waals surface area contributed by atoms with Crippen molar-refractivity contribution >= 4 is 11.7 Å². The van der Waals surface area contributed by atoms with Crippen molar-refractivity contribution in [2.45, 2.75) is 38.3 Å². The van der Waals surface area contributed by atoms with Gasteiger partial charge >= 0.3 is 0 Å². The molecule has 2 heterocycles. The van der Waals surface area contributed by atoms with E-state index in [4.69, 9.17) is 4.74 Å². The maximum absolute atomic E-state index is 12.3. The Morgan fingerprint density at radius 2 is 2.14 bits per heavy atom. The van der Waals surface area contributed by atoms with Gasteiger partial charge in [0, 0.05) is 18.7 Å². The molecule has 22 heavy (non-hydrogen) atoms. The molecule has 2 N–H and O–H groups in total. The number of aromatic nitrogens is 2. The van der Waals surface area contributed by atoms with E-state index in [0.717, 1.165) is 30.9 Å². The van der Waals surface area contributed by atoms with Crippen molar-refractivity contribution in [3.8, 4) is 0 Å². The Hall–Kier alpha value is -1.95. The number of amides is 1. The van der Waals surface area contributed by atoms with Gasteiger partial charge in [-0.25, -0.2) is 9.97 Å². The Bertz CT molecular complexity index is 553. The molecule has 0 unspecified atom stereocenters. The number of hydrogen-bond donors (Lipinski definition) is 2. The molecule has 0 saturated carbocycles. The average molecular weight is 302 g/mol. The van der Waals surface area contributed by atoms with Crippen molar-refractivity contribution in [3.05, 3.63) is 30.2 Å². The summed E-state index contributed by atoms with van der Waals surface area (Å²) in [6.07, 6.45) is 8.39. The van der Waals surface area contributed by atoms with Crippen molar-refractivity contribution in [1.82, 2.24) is 15.3 Å². The van der Waals surface area contributed by atoms with E-state index in [0.29, 0.717) is 13.2 Å². The van der Waals surface area contributed by atoms with E-state index in [-0.39, 0.29) is 23.9 Å². The number of nitrogens with zero attached hydrogens (tertiary/aromatic N) is 2. The van der Waals surface area contributed by atoms with E-state index in [9.17, 15) is 4.79 Å². The van der Waals surface area contributed by atoms with Crippen LogP contribution in [0.15, 0.2) is 24.4 Å². The van der Waals surface area contributed by atoms with Gasteiger partial charge in [0.2, 0.25) is 5.91 Å². The molecular formula is C16H22N4O2. The summed E-state index contributed by atoms with van der Waals surface area (Å²) in [4.78, 5) is 20.8. The number of allylic oxidation sites excluding steroid dienone is 2. The summed E-state index contributed by atoms with van der Waals surface area (Å²) in [5, 5.41) is 6.54. The van der Waals surface area contributed by atoms with Crippen LogP contribution in [0.5, 0.6) is 0 Å². The fourth-order valence-electron chi connectivity index (χ4n) is 2.91. The van der Waals surface area contributed by atoms with Crippen LogP contribution in [0.4, 0.5) is 5.82 Å². The van der Waals surface area contributed by atoms with E-state index in [1.54, 1.807) is 6.20 Å². The molecule has 1 aliphatic heterocycles. The smallest absolute Gasteiger partial charge is 0.224 e. The minimum absolute atomic E-state index is 0.0290. The third-order valence-electron chi connectivity index (χ3n) is 4.17. The van der Waals surface area contributed by atoms with Gasteiger partial charge in [-0.1, -0.05) is 12.2 Å². The van der Waals surface area contributed by atoms with Crippen LogP contribution in [0.25, 0.3) is 0 Å². The lowest BCUT2D eigenvalue weighted by Crippen LogP contribution is -2.53. The Morgan fingerprint density at radius 3 is 2.91 bits per heavy atom. The number of rotatable bonds is 4. The molecule has 6 heteroatoms. The maximum atomic E-state index is 12.3. The van der Waals surface area contributed by atoms with Crippen molar-refractivity contribution in [1.29, 1.82) is 0 Å². The van der Waals surface area contributed by atoms with Crippen molar-refractivity contribution in [3.63, 3.8) is 0 Å². The van der Waals surface area contributed by atoms with Gasteiger partial charge < -0.3 is 15.4 Å². The van der Waals surface area contributed by atoms with Crippen molar-refractivity contribution in [2.75, 3.05) is 18.5 Å². The zero-order valence-corrected chi connectivity index (χ0v) is 12.8. The highest BCUT2D eigenvalue weighted by molar-refractivity contribution is 5.79. The molecule has 1 saturated heterocycles. The summed E-state index contributed by atoms with van der Waals surface area (Å²) in [6.45, 7) is 3.10. The molecule has 1 amide bonds. The average Bonchev–Trinajstić information content (AvgIpc) is 3.04. The molecular weight excluding hydrogens is 280 g/mol.